The monoisotopic (exact) mass is 146 g/mol. The molecule has 10 heavy (non-hydrogen) atoms. The van der Waals surface area contributed by atoms with Crippen molar-refractivity contribution >= 4 is 6.09 Å². The molecule has 58 valence electrons. The molecule has 0 aromatic rings. The molecule has 1 saturated heterocycles. The van der Waals surface area contributed by atoms with Gasteiger partial charge in [-0.25, -0.2) is 9.80 Å². The Bertz CT molecular complexity index is 139. The molecule has 5 heteroatoms. The van der Waals surface area contributed by atoms with Gasteiger partial charge in [0.25, 0.3) is 0 Å². The first kappa shape index (κ1) is 7.30. The molecule has 0 unspecified atom stereocenters. The maximum atomic E-state index is 10.0. The number of amides is 1. The maximum absolute atomic E-state index is 10.0. The fourth-order valence-electron chi connectivity index (χ4n) is 0.979. The normalized spacial score (nSPS) is 26.7. The lowest BCUT2D eigenvalue weighted by atomic mass is 10.3. The van der Waals surface area contributed by atoms with Gasteiger partial charge in [-0.15, -0.1) is 0 Å². The van der Waals surface area contributed by atoms with Crippen LogP contribution < -0.4 is 5.43 Å². The summed E-state index contributed by atoms with van der Waals surface area (Å²) in [6.07, 6.45) is -0.818. The molecule has 0 aromatic heterocycles. The number of aliphatic hydroxyl groups excluding tert-OH is 1. The molecule has 5 nitrogen and oxygen atoms in total. The summed E-state index contributed by atoms with van der Waals surface area (Å²) in [6.45, 7) is 0.986. The first-order valence-electron chi connectivity index (χ1n) is 3.11. The summed E-state index contributed by atoms with van der Waals surface area (Å²) in [5.74, 6) is 0. The Labute approximate surface area is 58.2 Å². The Hall–Kier alpha value is -0.810. The number of nitrogens with one attached hydrogen (secondary N) is 1. The van der Waals surface area contributed by atoms with Gasteiger partial charge in [-0.05, 0) is 6.42 Å². The quantitative estimate of drug-likeness (QED) is 0.454. The minimum Gasteiger partial charge on any atom is -0.464 e. The van der Waals surface area contributed by atoms with Crippen molar-refractivity contribution in [1.29, 1.82) is 0 Å². The van der Waals surface area contributed by atoms with E-state index in [1.165, 1.54) is 5.01 Å². The Morgan fingerprint density at radius 2 is 2.40 bits per heavy atom. The molecule has 0 radical (unpaired) electrons. The van der Waals surface area contributed by atoms with Gasteiger partial charge in [-0.3, -0.25) is 5.43 Å². The SMILES string of the molecule is O=C(O)NN1CC[C@H](O)C1. The van der Waals surface area contributed by atoms with Gasteiger partial charge in [0.1, 0.15) is 0 Å². The van der Waals surface area contributed by atoms with E-state index < -0.39 is 6.09 Å². The van der Waals surface area contributed by atoms with Gasteiger partial charge in [0.05, 0.1) is 6.10 Å². The van der Waals surface area contributed by atoms with Gasteiger partial charge in [-0.1, -0.05) is 0 Å². The van der Waals surface area contributed by atoms with Crippen LogP contribution in [0.2, 0.25) is 0 Å². The van der Waals surface area contributed by atoms with Crippen molar-refractivity contribution in [3.63, 3.8) is 0 Å². The third-order valence-electron chi connectivity index (χ3n) is 1.42. The van der Waals surface area contributed by atoms with E-state index in [0.717, 1.165) is 0 Å². The molecule has 1 fully saturated rings. The maximum Gasteiger partial charge on any atom is 0.419 e. The van der Waals surface area contributed by atoms with Crippen molar-refractivity contribution in [2.45, 2.75) is 12.5 Å². The van der Waals surface area contributed by atoms with E-state index in [0.29, 0.717) is 19.5 Å². The van der Waals surface area contributed by atoms with E-state index in [1.807, 2.05) is 0 Å². The Balaban J connectivity index is 2.24. The zero-order chi connectivity index (χ0) is 7.56. The van der Waals surface area contributed by atoms with E-state index in [2.05, 4.69) is 5.43 Å². The van der Waals surface area contributed by atoms with E-state index in [9.17, 15) is 4.79 Å². The van der Waals surface area contributed by atoms with Crippen molar-refractivity contribution in [1.82, 2.24) is 10.4 Å². The third kappa shape index (κ3) is 1.85. The van der Waals surface area contributed by atoms with Crippen LogP contribution in [-0.2, 0) is 0 Å². The third-order valence-corrected chi connectivity index (χ3v) is 1.42. The van der Waals surface area contributed by atoms with E-state index in [4.69, 9.17) is 10.2 Å². The smallest absolute Gasteiger partial charge is 0.419 e. The summed E-state index contributed by atoms with van der Waals surface area (Å²) in [5.41, 5.74) is 2.16. The number of nitrogens with zero attached hydrogens (tertiary/aromatic N) is 1. The molecule has 1 rings (SSSR count). The predicted molar refractivity (Wildman–Crippen MR) is 33.4 cm³/mol. The molecule has 0 bridgehead atoms. The highest BCUT2D eigenvalue weighted by Crippen LogP contribution is 2.04. The van der Waals surface area contributed by atoms with Crippen molar-refractivity contribution in [2.24, 2.45) is 0 Å². The molecule has 1 aliphatic heterocycles. The van der Waals surface area contributed by atoms with Crippen molar-refractivity contribution in [3.8, 4) is 0 Å². The van der Waals surface area contributed by atoms with Gasteiger partial charge >= 0.3 is 6.09 Å². The molecule has 0 spiro atoms. The van der Waals surface area contributed by atoms with Gasteiger partial charge < -0.3 is 10.2 Å². The summed E-state index contributed by atoms with van der Waals surface area (Å²) in [7, 11) is 0. The number of hydrogen-bond acceptors (Lipinski definition) is 3. The Kier molecular flexibility index (Phi) is 2.08. The number of β-amino-alcohol motifs (C(OH)–C–C–N with tert-alkyl or cyclic N) is 1. The van der Waals surface area contributed by atoms with Gasteiger partial charge in [0.15, 0.2) is 0 Å². The minimum atomic E-state index is -1.07. The molecule has 0 aliphatic carbocycles. The van der Waals surface area contributed by atoms with Crippen LogP contribution in [0.4, 0.5) is 4.79 Å². The van der Waals surface area contributed by atoms with Crippen LogP contribution in [0.3, 0.4) is 0 Å². The first-order chi connectivity index (χ1) is 4.68. The van der Waals surface area contributed by atoms with Crippen LogP contribution in [0, 0.1) is 0 Å². The molecule has 1 amide bonds. The molecular formula is C5H10N2O3. The second-order valence-electron chi connectivity index (χ2n) is 2.31. The molecular weight excluding hydrogens is 136 g/mol. The molecule has 1 heterocycles. The lowest BCUT2D eigenvalue weighted by molar-refractivity contribution is 0.135. The summed E-state index contributed by atoms with van der Waals surface area (Å²) in [6, 6.07) is 0. The van der Waals surface area contributed by atoms with Gasteiger partial charge in [-0.2, -0.15) is 0 Å². The largest absolute Gasteiger partial charge is 0.464 e. The summed E-state index contributed by atoms with van der Waals surface area (Å²) in [5, 5.41) is 18.6. The molecule has 0 saturated carbocycles. The second kappa shape index (κ2) is 2.85. The number of carboxylic acid groups (broad SMARTS) is 1. The lowest BCUT2D eigenvalue weighted by Gasteiger charge is -2.12. The molecule has 1 aliphatic rings. The van der Waals surface area contributed by atoms with Crippen LogP contribution in [0.25, 0.3) is 0 Å². The summed E-state index contributed by atoms with van der Waals surface area (Å²) < 4.78 is 0. The number of carbonyl (C=O) groups is 1. The van der Waals surface area contributed by atoms with Crippen molar-refractivity contribution in [2.75, 3.05) is 13.1 Å². The fourth-order valence-corrected chi connectivity index (χ4v) is 0.979. The average Bonchev–Trinajstić information content (AvgIpc) is 2.13. The Morgan fingerprint density at radius 1 is 1.70 bits per heavy atom. The molecule has 3 N–H and O–H groups in total. The molecule has 1 atom stereocenters. The number of hydrogen-bond donors (Lipinski definition) is 3. The zero-order valence-electron chi connectivity index (χ0n) is 5.45. The number of aliphatic hydroxyl groups is 1. The zero-order valence-corrected chi connectivity index (χ0v) is 5.45. The first-order valence-corrected chi connectivity index (χ1v) is 3.11. The summed E-state index contributed by atoms with van der Waals surface area (Å²) >= 11 is 0. The Morgan fingerprint density at radius 3 is 2.80 bits per heavy atom. The van der Waals surface area contributed by atoms with Crippen LogP contribution in [0.5, 0.6) is 0 Å². The summed E-state index contributed by atoms with van der Waals surface area (Å²) in [4.78, 5) is 10.0. The minimum absolute atomic E-state index is 0.383. The van der Waals surface area contributed by atoms with Crippen LogP contribution in [0.15, 0.2) is 0 Å². The lowest BCUT2D eigenvalue weighted by Crippen LogP contribution is -2.40. The highest BCUT2D eigenvalue weighted by molar-refractivity contribution is 5.63. The van der Waals surface area contributed by atoms with E-state index in [1.54, 1.807) is 0 Å². The second-order valence-corrected chi connectivity index (χ2v) is 2.31. The number of rotatable bonds is 1. The van der Waals surface area contributed by atoms with Gasteiger partial charge in [0, 0.05) is 13.1 Å². The van der Waals surface area contributed by atoms with Crippen LogP contribution in [-0.4, -0.2) is 40.5 Å². The molecule has 0 aromatic carbocycles. The van der Waals surface area contributed by atoms with E-state index in [-0.39, 0.29) is 6.10 Å². The van der Waals surface area contributed by atoms with E-state index >= 15 is 0 Å². The van der Waals surface area contributed by atoms with Crippen LogP contribution >= 0.6 is 0 Å². The topological polar surface area (TPSA) is 72.8 Å². The highest BCUT2D eigenvalue weighted by Gasteiger charge is 2.20. The van der Waals surface area contributed by atoms with Crippen molar-refractivity contribution in [3.05, 3.63) is 0 Å². The van der Waals surface area contributed by atoms with Crippen LogP contribution in [0.1, 0.15) is 6.42 Å². The fraction of sp³-hybridized carbons (Fsp3) is 0.800. The predicted octanol–water partition coefficient (Wildman–Crippen LogP) is -0.764. The van der Waals surface area contributed by atoms with Gasteiger partial charge in [0.2, 0.25) is 0 Å². The van der Waals surface area contributed by atoms with Crippen molar-refractivity contribution < 1.29 is 15.0 Å². The standard InChI is InChI=1S/C5H10N2O3/c8-4-1-2-7(3-4)6-5(9)10/h4,6,8H,1-3H2,(H,9,10)/t4-/m0/s1. The highest BCUT2D eigenvalue weighted by atomic mass is 16.4. The average molecular weight is 146 g/mol. The number of hydrazine groups is 1.